The number of rotatable bonds is 3. The molecule has 0 unspecified atom stereocenters. The van der Waals surface area contributed by atoms with Gasteiger partial charge in [0.15, 0.2) is 0 Å². The van der Waals surface area contributed by atoms with E-state index in [4.69, 9.17) is 16.3 Å². The number of fused-ring (bicyclic) bond motifs is 2. The van der Waals surface area contributed by atoms with Crippen molar-refractivity contribution in [2.75, 3.05) is 13.2 Å². The first-order chi connectivity index (χ1) is 14.6. The Balaban J connectivity index is 1.50. The first kappa shape index (κ1) is 19.2. The Labute approximate surface area is 180 Å². The second-order valence-corrected chi connectivity index (χ2v) is 8.54. The highest BCUT2D eigenvalue weighted by Crippen LogP contribution is 2.40. The summed E-state index contributed by atoms with van der Waals surface area (Å²) in [6, 6.07) is 8.84. The molecule has 1 aliphatic rings. The number of hydrogen-bond donors (Lipinski definition) is 1. The molecule has 0 aliphatic carbocycles. The number of nitrogens with zero attached hydrogens (tertiary/aromatic N) is 2. The molecule has 0 bridgehead atoms. The zero-order valence-electron chi connectivity index (χ0n) is 15.8. The monoisotopic (exact) mass is 441 g/mol. The Morgan fingerprint density at radius 2 is 2.20 bits per heavy atom. The van der Waals surface area contributed by atoms with E-state index in [0.717, 1.165) is 38.9 Å². The van der Waals surface area contributed by atoms with Gasteiger partial charge in [0, 0.05) is 58.8 Å². The second-order valence-electron chi connectivity index (χ2n) is 7.22. The van der Waals surface area contributed by atoms with Crippen molar-refractivity contribution in [2.45, 2.75) is 13.1 Å². The van der Waals surface area contributed by atoms with Gasteiger partial charge in [-0.1, -0.05) is 17.7 Å². The van der Waals surface area contributed by atoms with E-state index in [2.05, 4.69) is 20.9 Å². The van der Waals surface area contributed by atoms with Crippen LogP contribution in [0.2, 0.25) is 5.02 Å². The van der Waals surface area contributed by atoms with E-state index < -0.39 is 0 Å². The lowest BCUT2D eigenvalue weighted by Crippen LogP contribution is -2.26. The topological polar surface area (TPSA) is 58.2 Å². The van der Waals surface area contributed by atoms with Crippen LogP contribution in [0.15, 0.2) is 52.9 Å². The average Bonchev–Trinajstić information content (AvgIpc) is 3.02. The predicted molar refractivity (Wildman–Crippen MR) is 117 cm³/mol. The highest BCUT2D eigenvalue weighted by Gasteiger charge is 2.20. The van der Waals surface area contributed by atoms with Crippen LogP contribution in [0.1, 0.15) is 11.1 Å². The Morgan fingerprint density at radius 3 is 3.03 bits per heavy atom. The molecule has 5 nitrogen and oxygen atoms in total. The molecule has 0 amide bonds. The smallest absolute Gasteiger partial charge is 0.344 e. The molecule has 3 heterocycles. The quantitative estimate of drug-likeness (QED) is 0.494. The number of H-pyrrole nitrogens is 1. The molecule has 0 radical (unpaired) electrons. The zero-order chi connectivity index (χ0) is 20.7. The molecule has 2 aromatic carbocycles. The molecule has 8 heteroatoms. The minimum atomic E-state index is -0.359. The van der Waals surface area contributed by atoms with Crippen LogP contribution in [0.5, 0.6) is 5.75 Å². The van der Waals surface area contributed by atoms with Gasteiger partial charge in [-0.3, -0.25) is 4.90 Å². The lowest BCUT2D eigenvalue weighted by molar-refractivity contribution is 0.219. The van der Waals surface area contributed by atoms with Crippen LogP contribution < -0.4 is 10.4 Å². The maximum atomic E-state index is 13.6. The SMILES string of the molecule is O=c1ncc(CN2CCOc3c(Cl)cc(-c4csc5cc(F)ccc45)cc3C2)c[nH]1. The lowest BCUT2D eigenvalue weighted by atomic mass is 10.0. The van der Waals surface area contributed by atoms with Crippen LogP contribution in [0, 0.1) is 5.82 Å². The van der Waals surface area contributed by atoms with Gasteiger partial charge in [-0.05, 0) is 35.2 Å². The van der Waals surface area contributed by atoms with Crippen LogP contribution in [-0.4, -0.2) is 28.0 Å². The molecular formula is C22H17ClFN3O2S. The molecule has 152 valence electrons. The minimum absolute atomic E-state index is 0.239. The second kappa shape index (κ2) is 7.83. The number of aromatic amines is 1. The number of benzene rings is 2. The summed E-state index contributed by atoms with van der Waals surface area (Å²) in [5.74, 6) is 0.463. The number of halogens is 2. The van der Waals surface area contributed by atoms with Gasteiger partial charge in [-0.25, -0.2) is 14.2 Å². The van der Waals surface area contributed by atoms with Gasteiger partial charge in [0.2, 0.25) is 0 Å². The summed E-state index contributed by atoms with van der Waals surface area (Å²) < 4.78 is 20.4. The Kier molecular flexibility index (Phi) is 5.02. The van der Waals surface area contributed by atoms with Gasteiger partial charge in [0.05, 0.1) is 5.02 Å². The molecule has 1 aliphatic heterocycles. The minimum Gasteiger partial charge on any atom is -0.490 e. The van der Waals surface area contributed by atoms with Gasteiger partial charge in [-0.15, -0.1) is 11.3 Å². The molecule has 0 fully saturated rings. The summed E-state index contributed by atoms with van der Waals surface area (Å²) in [6.45, 7) is 2.53. The predicted octanol–water partition coefficient (Wildman–Crippen LogP) is 4.84. The van der Waals surface area contributed by atoms with Crippen molar-refractivity contribution in [3.8, 4) is 16.9 Å². The number of aromatic nitrogens is 2. The van der Waals surface area contributed by atoms with Crippen molar-refractivity contribution in [1.82, 2.24) is 14.9 Å². The summed E-state index contributed by atoms with van der Waals surface area (Å²) in [6.07, 6.45) is 3.27. The standard InChI is InChI=1S/C22H17ClFN3O2S/c23-19-6-14(18-12-30-20-7-16(24)1-2-17(18)20)5-15-11-27(3-4-29-21(15)19)10-13-8-25-22(28)26-9-13/h1-2,5-9,12H,3-4,10-11H2,(H,25,26,28). The van der Waals surface area contributed by atoms with Crippen molar-refractivity contribution >= 4 is 33.0 Å². The molecule has 0 saturated carbocycles. The van der Waals surface area contributed by atoms with E-state index in [-0.39, 0.29) is 11.5 Å². The fourth-order valence-electron chi connectivity index (χ4n) is 3.76. The van der Waals surface area contributed by atoms with Crippen molar-refractivity contribution in [1.29, 1.82) is 0 Å². The summed E-state index contributed by atoms with van der Waals surface area (Å²) in [5.41, 5.74) is 3.57. The normalized spacial score (nSPS) is 14.3. The summed E-state index contributed by atoms with van der Waals surface area (Å²) in [7, 11) is 0. The highest BCUT2D eigenvalue weighted by molar-refractivity contribution is 7.17. The fraction of sp³-hybridized carbons (Fsp3) is 0.182. The third-order valence-corrected chi connectivity index (χ3v) is 6.38. The molecule has 2 aromatic heterocycles. The van der Waals surface area contributed by atoms with Crippen LogP contribution in [-0.2, 0) is 13.1 Å². The Morgan fingerprint density at radius 1 is 1.30 bits per heavy atom. The van der Waals surface area contributed by atoms with Gasteiger partial charge in [-0.2, -0.15) is 0 Å². The summed E-state index contributed by atoms with van der Waals surface area (Å²) in [4.78, 5) is 19.8. The Bertz CT molecular complexity index is 1280. The van der Waals surface area contributed by atoms with E-state index in [0.29, 0.717) is 30.5 Å². The van der Waals surface area contributed by atoms with Gasteiger partial charge in [0.25, 0.3) is 0 Å². The van der Waals surface area contributed by atoms with Crippen molar-refractivity contribution in [3.63, 3.8) is 0 Å². The fourth-order valence-corrected chi connectivity index (χ4v) is 5.04. The van der Waals surface area contributed by atoms with Crippen molar-refractivity contribution < 1.29 is 9.13 Å². The average molecular weight is 442 g/mol. The number of ether oxygens (including phenoxy) is 1. The summed E-state index contributed by atoms with van der Waals surface area (Å²) >= 11 is 8.10. The molecule has 0 spiro atoms. The van der Waals surface area contributed by atoms with Crippen LogP contribution >= 0.6 is 22.9 Å². The zero-order valence-corrected chi connectivity index (χ0v) is 17.4. The number of hydrogen-bond acceptors (Lipinski definition) is 5. The van der Waals surface area contributed by atoms with Crippen molar-refractivity contribution in [3.05, 3.63) is 80.6 Å². The van der Waals surface area contributed by atoms with Gasteiger partial charge >= 0.3 is 5.69 Å². The molecule has 0 saturated heterocycles. The molecule has 0 atom stereocenters. The van der Waals surface area contributed by atoms with E-state index in [9.17, 15) is 9.18 Å². The third kappa shape index (κ3) is 3.71. The first-order valence-corrected chi connectivity index (χ1v) is 10.7. The maximum absolute atomic E-state index is 13.6. The highest BCUT2D eigenvalue weighted by atomic mass is 35.5. The largest absolute Gasteiger partial charge is 0.490 e. The van der Waals surface area contributed by atoms with E-state index in [1.54, 1.807) is 18.5 Å². The van der Waals surface area contributed by atoms with Crippen LogP contribution in [0.3, 0.4) is 0 Å². The van der Waals surface area contributed by atoms with Gasteiger partial charge in [0.1, 0.15) is 18.2 Å². The van der Waals surface area contributed by atoms with Crippen molar-refractivity contribution in [2.24, 2.45) is 0 Å². The van der Waals surface area contributed by atoms with Gasteiger partial charge < -0.3 is 9.72 Å². The van der Waals surface area contributed by atoms with Crippen LogP contribution in [0.25, 0.3) is 21.2 Å². The number of nitrogens with one attached hydrogen (secondary N) is 1. The molecule has 4 aromatic rings. The Hall–Kier alpha value is -2.74. The van der Waals surface area contributed by atoms with E-state index in [1.165, 1.54) is 17.4 Å². The van der Waals surface area contributed by atoms with Crippen LogP contribution in [0.4, 0.5) is 4.39 Å². The van der Waals surface area contributed by atoms with E-state index >= 15 is 0 Å². The molecule has 30 heavy (non-hydrogen) atoms. The maximum Gasteiger partial charge on any atom is 0.344 e. The summed E-state index contributed by atoms with van der Waals surface area (Å²) in [5, 5.41) is 3.60. The third-order valence-electron chi connectivity index (χ3n) is 5.15. The molecular weight excluding hydrogens is 425 g/mol. The molecule has 5 rings (SSSR count). The first-order valence-electron chi connectivity index (χ1n) is 9.45. The van der Waals surface area contributed by atoms with E-state index in [1.807, 2.05) is 17.5 Å². The number of thiophene rings is 1. The molecule has 1 N–H and O–H groups in total. The lowest BCUT2D eigenvalue weighted by Gasteiger charge is -2.19.